The van der Waals surface area contributed by atoms with Crippen LogP contribution in [-0.2, 0) is 0 Å². The Morgan fingerprint density at radius 2 is 1.80 bits per heavy atom. The lowest BCUT2D eigenvalue weighted by Gasteiger charge is -2.36. The number of alkyl halides is 1. The Kier molecular flexibility index (Phi) is 4.58. The average Bonchev–Trinajstić information content (AvgIpc) is 2.45. The van der Waals surface area contributed by atoms with Crippen molar-refractivity contribution in [2.75, 3.05) is 5.88 Å². The summed E-state index contributed by atoms with van der Waals surface area (Å²) in [6.45, 7) is 0. The van der Waals surface area contributed by atoms with Crippen LogP contribution in [0.5, 0.6) is 0 Å². The van der Waals surface area contributed by atoms with Gasteiger partial charge >= 0.3 is 0 Å². The molecule has 1 aromatic carbocycles. The van der Waals surface area contributed by atoms with Crippen LogP contribution < -0.4 is 5.32 Å². The summed E-state index contributed by atoms with van der Waals surface area (Å²) < 4.78 is 39.6. The van der Waals surface area contributed by atoms with Gasteiger partial charge in [-0.25, -0.2) is 13.2 Å². The van der Waals surface area contributed by atoms with Gasteiger partial charge in [0.1, 0.15) is 0 Å². The Balaban J connectivity index is 2.21. The van der Waals surface area contributed by atoms with E-state index < -0.39 is 34.5 Å². The molecule has 1 saturated carbocycles. The van der Waals surface area contributed by atoms with E-state index in [1.54, 1.807) is 0 Å². The number of carbonyl (C=O) groups is 1. The Hall–Kier alpha value is -1.23. The molecule has 0 bridgehead atoms. The molecule has 1 amide bonds. The van der Waals surface area contributed by atoms with Crippen molar-refractivity contribution in [1.82, 2.24) is 5.32 Å². The summed E-state index contributed by atoms with van der Waals surface area (Å²) in [4.78, 5) is 12.1. The van der Waals surface area contributed by atoms with Gasteiger partial charge in [0, 0.05) is 5.88 Å². The Bertz CT molecular complexity index is 515. The number of amides is 1. The Morgan fingerprint density at radius 1 is 1.15 bits per heavy atom. The van der Waals surface area contributed by atoms with Crippen molar-refractivity contribution in [3.8, 4) is 0 Å². The molecule has 0 spiro atoms. The lowest BCUT2D eigenvalue weighted by molar-refractivity contribution is 0.0879. The smallest absolute Gasteiger partial charge is 0.254 e. The summed E-state index contributed by atoms with van der Waals surface area (Å²) in [5.41, 5.74) is -1.09. The van der Waals surface area contributed by atoms with Crippen LogP contribution in [0.3, 0.4) is 0 Å². The highest BCUT2D eigenvalue weighted by Gasteiger charge is 2.34. The summed E-state index contributed by atoms with van der Waals surface area (Å²) in [6.07, 6.45) is 4.32. The number of hydrogen-bond acceptors (Lipinski definition) is 1. The molecular weight excluding hydrogens is 291 g/mol. The van der Waals surface area contributed by atoms with Crippen molar-refractivity contribution < 1.29 is 18.0 Å². The molecular formula is C14H15ClF3NO. The molecule has 1 fully saturated rings. The van der Waals surface area contributed by atoms with E-state index in [0.717, 1.165) is 31.4 Å². The Labute approximate surface area is 120 Å². The van der Waals surface area contributed by atoms with Gasteiger partial charge in [-0.1, -0.05) is 19.3 Å². The fourth-order valence-corrected chi connectivity index (χ4v) is 2.86. The molecule has 110 valence electrons. The minimum Gasteiger partial charge on any atom is -0.345 e. The lowest BCUT2D eigenvalue weighted by atomic mass is 9.83. The van der Waals surface area contributed by atoms with Crippen LogP contribution in [0.4, 0.5) is 13.2 Å². The van der Waals surface area contributed by atoms with Crippen molar-refractivity contribution in [2.45, 2.75) is 37.6 Å². The van der Waals surface area contributed by atoms with Gasteiger partial charge in [-0.2, -0.15) is 0 Å². The molecule has 2 nitrogen and oxygen atoms in total. The van der Waals surface area contributed by atoms with Crippen molar-refractivity contribution in [3.63, 3.8) is 0 Å². The molecule has 0 aliphatic heterocycles. The molecule has 0 radical (unpaired) electrons. The normalized spacial score (nSPS) is 17.8. The summed E-state index contributed by atoms with van der Waals surface area (Å²) in [5.74, 6) is -4.97. The molecule has 0 heterocycles. The van der Waals surface area contributed by atoms with Crippen LogP contribution in [0, 0.1) is 17.5 Å². The zero-order valence-electron chi connectivity index (χ0n) is 10.8. The molecule has 1 N–H and O–H groups in total. The second kappa shape index (κ2) is 6.04. The molecule has 0 aromatic heterocycles. The molecule has 1 aliphatic carbocycles. The van der Waals surface area contributed by atoms with Gasteiger partial charge in [0.05, 0.1) is 11.1 Å². The number of hydrogen-bond donors (Lipinski definition) is 1. The van der Waals surface area contributed by atoms with E-state index in [9.17, 15) is 18.0 Å². The molecule has 2 rings (SSSR count). The first kappa shape index (κ1) is 15.2. The van der Waals surface area contributed by atoms with Crippen LogP contribution in [-0.4, -0.2) is 17.3 Å². The maximum Gasteiger partial charge on any atom is 0.254 e. The monoisotopic (exact) mass is 305 g/mol. The fraction of sp³-hybridized carbons (Fsp3) is 0.500. The van der Waals surface area contributed by atoms with Gasteiger partial charge in [-0.05, 0) is 25.0 Å². The van der Waals surface area contributed by atoms with Crippen LogP contribution in [0.15, 0.2) is 12.1 Å². The quantitative estimate of drug-likeness (QED) is 0.668. The largest absolute Gasteiger partial charge is 0.345 e. The van der Waals surface area contributed by atoms with Gasteiger partial charge in [-0.15, -0.1) is 11.6 Å². The molecule has 0 unspecified atom stereocenters. The third kappa shape index (κ3) is 2.92. The van der Waals surface area contributed by atoms with Gasteiger partial charge in [0.2, 0.25) is 0 Å². The van der Waals surface area contributed by atoms with E-state index in [0.29, 0.717) is 12.8 Å². The number of halogens is 4. The van der Waals surface area contributed by atoms with Crippen molar-refractivity contribution in [2.24, 2.45) is 0 Å². The molecule has 1 aliphatic rings. The minimum atomic E-state index is -1.64. The second-order valence-electron chi connectivity index (χ2n) is 5.15. The zero-order chi connectivity index (χ0) is 14.8. The average molecular weight is 306 g/mol. The SMILES string of the molecule is O=C(NC1(CCl)CCCCC1)c1ccc(F)c(F)c1F. The van der Waals surface area contributed by atoms with Crippen molar-refractivity contribution in [3.05, 3.63) is 35.1 Å². The van der Waals surface area contributed by atoms with E-state index in [-0.39, 0.29) is 5.88 Å². The number of nitrogens with one attached hydrogen (secondary N) is 1. The van der Waals surface area contributed by atoms with E-state index in [2.05, 4.69) is 5.32 Å². The van der Waals surface area contributed by atoms with Gasteiger partial charge in [-0.3, -0.25) is 4.79 Å². The van der Waals surface area contributed by atoms with E-state index in [1.165, 1.54) is 0 Å². The molecule has 0 saturated heterocycles. The van der Waals surface area contributed by atoms with Crippen LogP contribution >= 0.6 is 11.6 Å². The second-order valence-corrected chi connectivity index (χ2v) is 5.42. The third-order valence-electron chi connectivity index (χ3n) is 3.72. The highest BCUT2D eigenvalue weighted by molar-refractivity contribution is 6.19. The van der Waals surface area contributed by atoms with Crippen LogP contribution in [0.2, 0.25) is 0 Å². The first-order valence-electron chi connectivity index (χ1n) is 6.51. The maximum atomic E-state index is 13.6. The van der Waals surface area contributed by atoms with E-state index >= 15 is 0 Å². The standard InChI is InChI=1S/C14H15ClF3NO/c15-8-14(6-2-1-3-7-14)19-13(20)9-4-5-10(16)12(18)11(9)17/h4-5H,1-3,6-8H2,(H,19,20). The highest BCUT2D eigenvalue weighted by atomic mass is 35.5. The zero-order valence-corrected chi connectivity index (χ0v) is 11.6. The van der Waals surface area contributed by atoms with Gasteiger partial charge < -0.3 is 5.32 Å². The highest BCUT2D eigenvalue weighted by Crippen LogP contribution is 2.30. The van der Waals surface area contributed by atoms with Gasteiger partial charge in [0.15, 0.2) is 17.5 Å². The van der Waals surface area contributed by atoms with Crippen LogP contribution in [0.25, 0.3) is 0 Å². The summed E-state index contributed by atoms with van der Waals surface area (Å²) >= 11 is 5.92. The number of carbonyl (C=O) groups excluding carboxylic acids is 1. The fourth-order valence-electron chi connectivity index (χ4n) is 2.53. The molecule has 1 aromatic rings. The van der Waals surface area contributed by atoms with E-state index in [4.69, 9.17) is 11.6 Å². The lowest BCUT2D eigenvalue weighted by Crippen LogP contribution is -2.51. The van der Waals surface area contributed by atoms with Gasteiger partial charge in [0.25, 0.3) is 5.91 Å². The summed E-state index contributed by atoms with van der Waals surface area (Å²) in [7, 11) is 0. The van der Waals surface area contributed by atoms with Crippen molar-refractivity contribution in [1.29, 1.82) is 0 Å². The van der Waals surface area contributed by atoms with Crippen LogP contribution in [0.1, 0.15) is 42.5 Å². The van der Waals surface area contributed by atoms with Crippen molar-refractivity contribution >= 4 is 17.5 Å². The molecule has 0 atom stereocenters. The number of rotatable bonds is 3. The first-order chi connectivity index (χ1) is 9.49. The summed E-state index contributed by atoms with van der Waals surface area (Å²) in [6, 6.07) is 1.68. The minimum absolute atomic E-state index is 0.212. The predicted octanol–water partition coefficient (Wildman–Crippen LogP) is 3.78. The first-order valence-corrected chi connectivity index (χ1v) is 7.04. The summed E-state index contributed by atoms with van der Waals surface area (Å²) in [5, 5.41) is 2.69. The van der Waals surface area contributed by atoms with E-state index in [1.807, 2.05) is 0 Å². The molecule has 6 heteroatoms. The third-order valence-corrected chi connectivity index (χ3v) is 4.24. The molecule has 20 heavy (non-hydrogen) atoms. The maximum absolute atomic E-state index is 13.6. The predicted molar refractivity (Wildman–Crippen MR) is 70.3 cm³/mol. The topological polar surface area (TPSA) is 29.1 Å². The number of benzene rings is 1. The Morgan fingerprint density at radius 3 is 2.40 bits per heavy atom.